The van der Waals surface area contributed by atoms with E-state index in [-0.39, 0.29) is 23.7 Å². The van der Waals surface area contributed by atoms with E-state index >= 15 is 0 Å². The van der Waals surface area contributed by atoms with Crippen molar-refractivity contribution in [3.8, 4) is 5.75 Å². The van der Waals surface area contributed by atoms with Gasteiger partial charge in [-0.25, -0.2) is 4.98 Å². The third-order valence-electron chi connectivity index (χ3n) is 6.10. The van der Waals surface area contributed by atoms with Crippen molar-refractivity contribution in [2.75, 3.05) is 5.32 Å². The second-order valence-corrected chi connectivity index (χ2v) is 10.0. The predicted molar refractivity (Wildman–Crippen MR) is 140 cm³/mol. The van der Waals surface area contributed by atoms with E-state index < -0.39 is 0 Å². The Bertz CT molecular complexity index is 1470. The van der Waals surface area contributed by atoms with E-state index in [9.17, 15) is 4.79 Å². The van der Waals surface area contributed by atoms with Gasteiger partial charge in [0, 0.05) is 5.41 Å². The second-order valence-electron chi connectivity index (χ2n) is 9.01. The maximum absolute atomic E-state index is 12.6. The van der Waals surface area contributed by atoms with E-state index in [1.165, 1.54) is 22.5 Å². The molecule has 3 aromatic carbocycles. The summed E-state index contributed by atoms with van der Waals surface area (Å²) in [7, 11) is 0. The third kappa shape index (κ3) is 4.98. The van der Waals surface area contributed by atoms with Gasteiger partial charge in [-0.05, 0) is 60.0 Å². The van der Waals surface area contributed by atoms with E-state index in [0.717, 1.165) is 21.5 Å². The quantitative estimate of drug-likeness (QED) is 0.263. The molecular formula is C29H26N2O3S. The Balaban J connectivity index is 1.20. The molecule has 1 N–H and O–H groups in total. The van der Waals surface area contributed by atoms with Crippen molar-refractivity contribution >= 4 is 32.6 Å². The number of aryl methyl sites for hydroxylation is 1. The number of hydrogen-bond donors (Lipinski definition) is 1. The van der Waals surface area contributed by atoms with Gasteiger partial charge in [0.1, 0.15) is 18.1 Å². The third-order valence-corrected chi connectivity index (χ3v) is 7.04. The monoisotopic (exact) mass is 482 g/mol. The molecule has 6 heteroatoms. The lowest BCUT2D eigenvalue weighted by molar-refractivity contribution is 0.0992. The number of amides is 1. The van der Waals surface area contributed by atoms with Crippen LogP contribution in [0.3, 0.4) is 0 Å². The number of fused-ring (bicyclic) bond motifs is 1. The van der Waals surface area contributed by atoms with Crippen LogP contribution in [-0.4, -0.2) is 10.9 Å². The van der Waals surface area contributed by atoms with Crippen LogP contribution in [0.1, 0.15) is 46.9 Å². The summed E-state index contributed by atoms with van der Waals surface area (Å²) in [5.41, 5.74) is 4.38. The summed E-state index contributed by atoms with van der Waals surface area (Å²) in [6, 6.07) is 28.0. The highest BCUT2D eigenvalue weighted by Crippen LogP contribution is 2.32. The molecule has 0 aliphatic rings. The molecule has 1 amide bonds. The highest BCUT2D eigenvalue weighted by molar-refractivity contribution is 7.22. The van der Waals surface area contributed by atoms with Gasteiger partial charge >= 0.3 is 0 Å². The van der Waals surface area contributed by atoms with Gasteiger partial charge in [-0.15, -0.1) is 0 Å². The summed E-state index contributed by atoms with van der Waals surface area (Å²) in [5.74, 6) is 1.20. The Morgan fingerprint density at radius 2 is 1.71 bits per heavy atom. The first-order valence-electron chi connectivity index (χ1n) is 11.4. The molecule has 0 aliphatic heterocycles. The van der Waals surface area contributed by atoms with Gasteiger partial charge in [-0.1, -0.05) is 73.7 Å². The lowest BCUT2D eigenvalue weighted by atomic mass is 9.78. The van der Waals surface area contributed by atoms with Gasteiger partial charge in [-0.2, -0.15) is 0 Å². The van der Waals surface area contributed by atoms with E-state index in [0.29, 0.717) is 10.9 Å². The highest BCUT2D eigenvalue weighted by Gasteiger charge is 2.22. The molecule has 2 aromatic heterocycles. The molecule has 0 fully saturated rings. The Morgan fingerprint density at radius 3 is 2.49 bits per heavy atom. The predicted octanol–water partition coefficient (Wildman–Crippen LogP) is 7.35. The van der Waals surface area contributed by atoms with Crippen LogP contribution in [0.15, 0.2) is 89.3 Å². The van der Waals surface area contributed by atoms with Crippen molar-refractivity contribution in [1.29, 1.82) is 0 Å². The number of aromatic nitrogens is 1. The minimum absolute atomic E-state index is 0.106. The number of carbonyl (C=O) groups is 1. The van der Waals surface area contributed by atoms with E-state index in [4.69, 9.17) is 9.15 Å². The average Bonchev–Trinajstić information content (AvgIpc) is 3.50. The van der Waals surface area contributed by atoms with Gasteiger partial charge < -0.3 is 9.15 Å². The first-order valence-corrected chi connectivity index (χ1v) is 12.3. The number of nitrogens with one attached hydrogen (secondary N) is 1. The summed E-state index contributed by atoms with van der Waals surface area (Å²) in [6.45, 7) is 6.69. The minimum atomic E-state index is -0.334. The van der Waals surface area contributed by atoms with Crippen LogP contribution in [0, 0.1) is 6.92 Å². The number of thiazole rings is 1. The molecule has 0 saturated heterocycles. The number of anilines is 1. The number of ether oxygens (including phenoxy) is 1. The number of benzene rings is 3. The van der Waals surface area contributed by atoms with Crippen molar-refractivity contribution in [2.45, 2.75) is 32.8 Å². The van der Waals surface area contributed by atoms with Crippen LogP contribution in [0.25, 0.3) is 10.2 Å². The zero-order chi connectivity index (χ0) is 24.4. The summed E-state index contributed by atoms with van der Waals surface area (Å²) < 4.78 is 12.6. The van der Waals surface area contributed by atoms with Crippen molar-refractivity contribution < 1.29 is 13.9 Å². The largest absolute Gasteiger partial charge is 0.486 e. The Labute approximate surface area is 208 Å². The molecule has 5 aromatic rings. The van der Waals surface area contributed by atoms with Gasteiger partial charge in [0.05, 0.1) is 10.2 Å². The van der Waals surface area contributed by atoms with Crippen LogP contribution >= 0.6 is 11.3 Å². The molecule has 0 saturated carbocycles. The van der Waals surface area contributed by atoms with Gasteiger partial charge in [-0.3, -0.25) is 10.1 Å². The van der Waals surface area contributed by atoms with Gasteiger partial charge in [0.15, 0.2) is 10.9 Å². The lowest BCUT2D eigenvalue weighted by Gasteiger charge is -2.26. The number of furan rings is 1. The van der Waals surface area contributed by atoms with Crippen LogP contribution in [0.4, 0.5) is 5.13 Å². The van der Waals surface area contributed by atoms with Crippen molar-refractivity contribution in [1.82, 2.24) is 4.98 Å². The van der Waals surface area contributed by atoms with E-state index in [2.05, 4.69) is 66.6 Å². The molecule has 176 valence electrons. The fourth-order valence-corrected chi connectivity index (χ4v) is 4.92. The van der Waals surface area contributed by atoms with Crippen molar-refractivity contribution in [2.24, 2.45) is 0 Å². The Hall–Kier alpha value is -3.90. The smallest absolute Gasteiger partial charge is 0.293 e. The van der Waals surface area contributed by atoms with Crippen LogP contribution in [-0.2, 0) is 12.0 Å². The molecule has 35 heavy (non-hydrogen) atoms. The van der Waals surface area contributed by atoms with Crippen LogP contribution in [0.2, 0.25) is 0 Å². The zero-order valence-electron chi connectivity index (χ0n) is 19.9. The fourth-order valence-electron chi connectivity index (χ4n) is 3.97. The Kier molecular flexibility index (Phi) is 6.14. The maximum atomic E-state index is 12.6. The molecule has 5 nitrogen and oxygen atoms in total. The van der Waals surface area contributed by atoms with Crippen molar-refractivity contribution in [3.63, 3.8) is 0 Å². The van der Waals surface area contributed by atoms with Gasteiger partial charge in [0.25, 0.3) is 5.91 Å². The van der Waals surface area contributed by atoms with Gasteiger partial charge in [0.2, 0.25) is 0 Å². The second kappa shape index (κ2) is 9.39. The Morgan fingerprint density at radius 1 is 0.971 bits per heavy atom. The molecule has 0 aliphatic carbocycles. The first-order chi connectivity index (χ1) is 16.9. The number of rotatable bonds is 7. The molecule has 0 bridgehead atoms. The summed E-state index contributed by atoms with van der Waals surface area (Å²) >= 11 is 1.44. The summed E-state index contributed by atoms with van der Waals surface area (Å²) in [6.07, 6.45) is 0. The summed E-state index contributed by atoms with van der Waals surface area (Å²) in [4.78, 5) is 17.1. The molecule has 5 rings (SSSR count). The number of hydrogen-bond acceptors (Lipinski definition) is 5. The van der Waals surface area contributed by atoms with Crippen LogP contribution in [0.5, 0.6) is 5.75 Å². The van der Waals surface area contributed by atoms with Crippen molar-refractivity contribution in [3.05, 3.63) is 113 Å². The topological polar surface area (TPSA) is 64.4 Å². The molecule has 0 unspecified atom stereocenters. The first kappa shape index (κ1) is 22.9. The zero-order valence-corrected chi connectivity index (χ0v) is 20.7. The normalized spacial score (nSPS) is 11.5. The van der Waals surface area contributed by atoms with E-state index in [1.807, 2.05) is 37.3 Å². The molecule has 0 spiro atoms. The number of nitrogens with zero attached hydrogens (tertiary/aromatic N) is 1. The van der Waals surface area contributed by atoms with E-state index in [1.54, 1.807) is 12.1 Å². The summed E-state index contributed by atoms with van der Waals surface area (Å²) in [5, 5.41) is 3.37. The fraction of sp³-hybridized carbons (Fsp3) is 0.172. The number of carbonyl (C=O) groups excluding carboxylic acids is 1. The maximum Gasteiger partial charge on any atom is 0.293 e. The molecule has 2 heterocycles. The average molecular weight is 483 g/mol. The highest BCUT2D eigenvalue weighted by atomic mass is 32.1. The molecular weight excluding hydrogens is 456 g/mol. The lowest BCUT2D eigenvalue weighted by Crippen LogP contribution is -2.18. The molecule has 0 radical (unpaired) electrons. The standard InChI is InChI=1S/C29H26N2O3S/c1-19-9-15-24-26(17-19)35-28(30-24)31-27(32)25-16-14-23(34-25)18-33-22-12-10-21(11-13-22)29(2,3)20-7-5-4-6-8-20/h4-17H,18H2,1-3H3,(H,30,31,32). The SMILES string of the molecule is Cc1ccc2nc(NC(=O)c3ccc(COc4ccc(C(C)(C)c5ccccc5)cc4)o3)sc2c1. The molecule has 0 atom stereocenters. The van der Waals surface area contributed by atoms with Crippen LogP contribution < -0.4 is 10.1 Å². The minimum Gasteiger partial charge on any atom is -0.486 e.